The highest BCUT2D eigenvalue weighted by molar-refractivity contribution is 6.31. The van der Waals surface area contributed by atoms with E-state index in [-0.39, 0.29) is 24.8 Å². The van der Waals surface area contributed by atoms with Gasteiger partial charge in [0.1, 0.15) is 0 Å². The minimum absolute atomic E-state index is 0.168. The Hall–Kier alpha value is -2.33. The highest BCUT2D eigenvalue weighted by Gasteiger charge is 2.08. The Balaban J connectivity index is 1.81. The maximum Gasteiger partial charge on any atom is 0.251 e. The van der Waals surface area contributed by atoms with Crippen molar-refractivity contribution in [2.75, 3.05) is 11.9 Å². The van der Waals surface area contributed by atoms with E-state index in [0.29, 0.717) is 16.3 Å². The number of amides is 2. The van der Waals surface area contributed by atoms with Crippen molar-refractivity contribution < 1.29 is 9.59 Å². The van der Waals surface area contributed by atoms with Crippen molar-refractivity contribution in [2.24, 2.45) is 0 Å². The molecule has 2 amide bonds. The zero-order valence-corrected chi connectivity index (χ0v) is 13.0. The Labute approximate surface area is 134 Å². The molecule has 0 saturated carbocycles. The second-order valence-corrected chi connectivity index (χ2v) is 5.24. The molecule has 0 aliphatic rings. The molecule has 0 saturated heterocycles. The molecule has 0 bridgehead atoms. The lowest BCUT2D eigenvalue weighted by Gasteiger charge is -2.10. The Kier molecular flexibility index (Phi) is 5.55. The average molecular weight is 317 g/mol. The van der Waals surface area contributed by atoms with Gasteiger partial charge in [0.2, 0.25) is 5.91 Å². The Morgan fingerprint density at radius 2 is 1.77 bits per heavy atom. The quantitative estimate of drug-likeness (QED) is 0.888. The summed E-state index contributed by atoms with van der Waals surface area (Å²) in [6, 6.07) is 14.2. The van der Waals surface area contributed by atoms with Crippen LogP contribution in [-0.2, 0) is 4.79 Å². The monoisotopic (exact) mass is 316 g/mol. The van der Waals surface area contributed by atoms with Crippen molar-refractivity contribution in [2.45, 2.75) is 13.3 Å². The number of rotatable bonds is 5. The molecule has 0 aliphatic carbocycles. The summed E-state index contributed by atoms with van der Waals surface area (Å²) in [5.41, 5.74) is 2.09. The van der Waals surface area contributed by atoms with Crippen LogP contribution < -0.4 is 10.6 Å². The molecule has 0 aromatic heterocycles. The average Bonchev–Trinajstić information content (AvgIpc) is 2.52. The van der Waals surface area contributed by atoms with Crippen LogP contribution in [0.4, 0.5) is 5.69 Å². The highest BCUT2D eigenvalue weighted by atomic mass is 35.5. The van der Waals surface area contributed by atoms with E-state index < -0.39 is 0 Å². The standard InChI is InChI=1S/C17H17ClN2O2/c1-12-14(18)8-5-9-15(12)20-16(21)10-11-19-17(22)13-6-3-2-4-7-13/h2-9H,10-11H2,1H3,(H,19,22)(H,20,21). The lowest BCUT2D eigenvalue weighted by molar-refractivity contribution is -0.116. The molecule has 0 spiro atoms. The SMILES string of the molecule is Cc1c(Cl)cccc1NC(=O)CCNC(=O)c1ccccc1. The summed E-state index contributed by atoms with van der Waals surface area (Å²) in [6.45, 7) is 2.12. The number of carbonyl (C=O) groups excluding carboxylic acids is 2. The van der Waals surface area contributed by atoms with Crippen molar-refractivity contribution in [1.82, 2.24) is 5.32 Å². The maximum absolute atomic E-state index is 11.9. The molecular formula is C17H17ClN2O2. The first kappa shape index (κ1) is 16.0. The molecule has 2 aromatic rings. The van der Waals surface area contributed by atoms with Crippen LogP contribution in [0.3, 0.4) is 0 Å². The lowest BCUT2D eigenvalue weighted by Crippen LogP contribution is -2.27. The van der Waals surface area contributed by atoms with E-state index in [1.54, 1.807) is 42.5 Å². The third kappa shape index (κ3) is 4.33. The van der Waals surface area contributed by atoms with E-state index >= 15 is 0 Å². The molecule has 22 heavy (non-hydrogen) atoms. The predicted molar refractivity (Wildman–Crippen MR) is 88.2 cm³/mol. The number of hydrogen-bond acceptors (Lipinski definition) is 2. The minimum atomic E-state index is -0.188. The molecule has 2 rings (SSSR count). The first-order valence-electron chi connectivity index (χ1n) is 6.96. The van der Waals surface area contributed by atoms with Crippen LogP contribution in [0.2, 0.25) is 5.02 Å². The molecule has 114 valence electrons. The summed E-state index contributed by atoms with van der Waals surface area (Å²) in [5.74, 6) is -0.355. The van der Waals surface area contributed by atoms with Gasteiger partial charge in [0.25, 0.3) is 5.91 Å². The van der Waals surface area contributed by atoms with Crippen molar-refractivity contribution in [3.05, 3.63) is 64.7 Å². The van der Waals surface area contributed by atoms with Crippen molar-refractivity contribution in [3.63, 3.8) is 0 Å². The van der Waals surface area contributed by atoms with Crippen LogP contribution >= 0.6 is 11.6 Å². The Bertz CT molecular complexity index is 672. The maximum atomic E-state index is 11.9. The van der Waals surface area contributed by atoms with Crippen LogP contribution in [0, 0.1) is 6.92 Å². The van der Waals surface area contributed by atoms with Gasteiger partial charge in [-0.1, -0.05) is 35.9 Å². The van der Waals surface area contributed by atoms with Crippen molar-refractivity contribution in [1.29, 1.82) is 0 Å². The van der Waals surface area contributed by atoms with E-state index in [1.165, 1.54) is 0 Å². The van der Waals surface area contributed by atoms with E-state index in [0.717, 1.165) is 5.56 Å². The van der Waals surface area contributed by atoms with Gasteiger partial charge in [-0.25, -0.2) is 0 Å². The topological polar surface area (TPSA) is 58.2 Å². The summed E-state index contributed by atoms with van der Waals surface area (Å²) in [5, 5.41) is 6.11. The number of halogens is 1. The molecule has 0 aliphatic heterocycles. The summed E-state index contributed by atoms with van der Waals surface area (Å²) in [6.07, 6.45) is 0.199. The van der Waals surface area contributed by atoms with Crippen molar-refractivity contribution in [3.8, 4) is 0 Å². The number of carbonyl (C=O) groups is 2. The smallest absolute Gasteiger partial charge is 0.251 e. The number of benzene rings is 2. The summed E-state index contributed by atoms with van der Waals surface area (Å²) in [4.78, 5) is 23.7. The lowest BCUT2D eigenvalue weighted by atomic mass is 10.2. The Morgan fingerprint density at radius 3 is 2.50 bits per heavy atom. The first-order chi connectivity index (χ1) is 10.6. The van der Waals surface area contributed by atoms with Crippen molar-refractivity contribution >= 4 is 29.1 Å². The van der Waals surface area contributed by atoms with Crippen LogP contribution in [-0.4, -0.2) is 18.4 Å². The molecule has 2 N–H and O–H groups in total. The zero-order chi connectivity index (χ0) is 15.9. The van der Waals surface area contributed by atoms with Crippen LogP contribution in [0.1, 0.15) is 22.3 Å². The van der Waals surface area contributed by atoms with E-state index in [4.69, 9.17) is 11.6 Å². The minimum Gasteiger partial charge on any atom is -0.352 e. The second kappa shape index (κ2) is 7.61. The Morgan fingerprint density at radius 1 is 1.05 bits per heavy atom. The second-order valence-electron chi connectivity index (χ2n) is 4.83. The zero-order valence-electron chi connectivity index (χ0n) is 12.2. The molecule has 2 aromatic carbocycles. The first-order valence-corrected chi connectivity index (χ1v) is 7.34. The van der Waals surface area contributed by atoms with Gasteiger partial charge in [-0.05, 0) is 36.8 Å². The van der Waals surface area contributed by atoms with Gasteiger partial charge in [-0.15, -0.1) is 0 Å². The van der Waals surface area contributed by atoms with Gasteiger partial charge in [-0.3, -0.25) is 9.59 Å². The molecule has 0 fully saturated rings. The van der Waals surface area contributed by atoms with E-state index in [1.807, 2.05) is 13.0 Å². The summed E-state index contributed by atoms with van der Waals surface area (Å²) >= 11 is 6.00. The number of nitrogens with one attached hydrogen (secondary N) is 2. The summed E-state index contributed by atoms with van der Waals surface area (Å²) < 4.78 is 0. The molecule has 0 radical (unpaired) electrons. The molecular weight excluding hydrogens is 300 g/mol. The molecule has 0 heterocycles. The predicted octanol–water partition coefficient (Wildman–Crippen LogP) is 3.41. The summed E-state index contributed by atoms with van der Waals surface area (Å²) in [7, 11) is 0. The fourth-order valence-corrected chi connectivity index (χ4v) is 2.11. The van der Waals surface area contributed by atoms with Gasteiger partial charge < -0.3 is 10.6 Å². The van der Waals surface area contributed by atoms with E-state index in [9.17, 15) is 9.59 Å². The molecule has 5 heteroatoms. The normalized spacial score (nSPS) is 10.1. The fraction of sp³-hybridized carbons (Fsp3) is 0.176. The third-order valence-electron chi connectivity index (χ3n) is 3.22. The largest absolute Gasteiger partial charge is 0.352 e. The van der Waals surface area contributed by atoms with Crippen LogP contribution in [0.15, 0.2) is 48.5 Å². The van der Waals surface area contributed by atoms with Crippen LogP contribution in [0.5, 0.6) is 0 Å². The molecule has 0 atom stereocenters. The molecule has 4 nitrogen and oxygen atoms in total. The van der Waals surface area contributed by atoms with Gasteiger partial charge >= 0.3 is 0 Å². The third-order valence-corrected chi connectivity index (χ3v) is 3.62. The van der Waals surface area contributed by atoms with Gasteiger partial charge in [0, 0.05) is 29.2 Å². The number of hydrogen-bond donors (Lipinski definition) is 2. The van der Waals surface area contributed by atoms with E-state index in [2.05, 4.69) is 10.6 Å². The van der Waals surface area contributed by atoms with Crippen LogP contribution in [0.25, 0.3) is 0 Å². The number of anilines is 1. The van der Waals surface area contributed by atoms with Gasteiger partial charge in [0.15, 0.2) is 0 Å². The van der Waals surface area contributed by atoms with Gasteiger partial charge in [0.05, 0.1) is 0 Å². The van der Waals surface area contributed by atoms with Gasteiger partial charge in [-0.2, -0.15) is 0 Å². The highest BCUT2D eigenvalue weighted by Crippen LogP contribution is 2.22. The molecule has 0 unspecified atom stereocenters. The fourth-order valence-electron chi connectivity index (χ4n) is 1.94.